The van der Waals surface area contributed by atoms with Crippen LogP contribution in [0.25, 0.3) is 0 Å². The van der Waals surface area contributed by atoms with Gasteiger partial charge < -0.3 is 28.4 Å². The first kappa shape index (κ1) is 54.0. The Hall–Kier alpha value is -6.93. The molecule has 11 nitrogen and oxygen atoms in total. The largest absolute Gasteiger partial charge is 0.494 e. The van der Waals surface area contributed by atoms with E-state index >= 15 is 0 Å². The summed E-state index contributed by atoms with van der Waals surface area (Å²) in [6.07, 6.45) is 25.1. The summed E-state index contributed by atoms with van der Waals surface area (Å²) < 4.78 is 33.8. The lowest BCUT2D eigenvalue weighted by Crippen LogP contribution is -2.12. The van der Waals surface area contributed by atoms with Crippen LogP contribution in [0.4, 0.5) is 0 Å². The molecule has 0 saturated carbocycles. The van der Waals surface area contributed by atoms with E-state index < -0.39 is 23.9 Å². The van der Waals surface area contributed by atoms with Crippen molar-refractivity contribution >= 4 is 23.9 Å². The standard InChI is InChI=1S/C59H69NO10/c1-3-5-7-9-11-13-15-17-19-21-41-65-50-32-23-45(24-33-50)56(61)67-52-36-27-47(28-37-52)58(63)69-54-40-31-49(44-60)55(43-54)70-59(64)48-29-38-53(39-30-48)68-57(62)46-25-34-51(35-26-46)66-42-22-20-18-16-14-12-10-8-6-4-2/h23-40,43H,3-22,41-42H2,1-2H3. The predicted octanol–water partition coefficient (Wildman–Crippen LogP) is 15.0. The quantitative estimate of drug-likeness (QED) is 0.0230. The molecule has 0 N–H and O–H groups in total. The van der Waals surface area contributed by atoms with Crippen LogP contribution in [-0.4, -0.2) is 37.1 Å². The highest BCUT2D eigenvalue weighted by Gasteiger charge is 2.17. The summed E-state index contributed by atoms with van der Waals surface area (Å²) in [4.78, 5) is 51.9. The van der Waals surface area contributed by atoms with Crippen LogP contribution in [0, 0.1) is 11.3 Å². The van der Waals surface area contributed by atoms with E-state index in [0.717, 1.165) is 25.7 Å². The second-order valence-electron chi connectivity index (χ2n) is 17.5. The lowest BCUT2D eigenvalue weighted by molar-refractivity contribution is 0.0723. The van der Waals surface area contributed by atoms with Gasteiger partial charge in [0.1, 0.15) is 34.8 Å². The fraction of sp³-hybridized carbons (Fsp3) is 0.407. The summed E-state index contributed by atoms with van der Waals surface area (Å²) in [5.41, 5.74) is 1.01. The molecule has 370 valence electrons. The molecule has 0 saturated heterocycles. The molecule has 0 unspecified atom stereocenters. The second kappa shape index (κ2) is 31.2. The van der Waals surface area contributed by atoms with Crippen LogP contribution < -0.4 is 28.4 Å². The number of nitriles is 1. The third kappa shape index (κ3) is 19.6. The first-order valence-corrected chi connectivity index (χ1v) is 25.3. The number of rotatable bonds is 32. The van der Waals surface area contributed by atoms with E-state index in [-0.39, 0.29) is 39.7 Å². The van der Waals surface area contributed by atoms with Crippen molar-refractivity contribution < 1.29 is 47.6 Å². The number of carbonyl (C=O) groups excluding carboxylic acids is 4. The van der Waals surface area contributed by atoms with Gasteiger partial charge in [0.15, 0.2) is 5.75 Å². The Morgan fingerprint density at radius 3 is 0.986 bits per heavy atom. The Labute approximate surface area is 414 Å². The Bertz CT molecular complexity index is 2390. The Balaban J connectivity index is 1.01. The zero-order valence-corrected chi connectivity index (χ0v) is 41.1. The van der Waals surface area contributed by atoms with Gasteiger partial charge in [-0.15, -0.1) is 0 Å². The zero-order chi connectivity index (χ0) is 49.6. The van der Waals surface area contributed by atoms with Crippen LogP contribution in [-0.2, 0) is 0 Å². The molecule has 0 radical (unpaired) electrons. The van der Waals surface area contributed by atoms with Crippen molar-refractivity contribution in [2.75, 3.05) is 13.2 Å². The molecule has 0 bridgehead atoms. The monoisotopic (exact) mass is 951 g/mol. The van der Waals surface area contributed by atoms with Crippen LogP contribution in [0.1, 0.15) is 189 Å². The van der Waals surface area contributed by atoms with Gasteiger partial charge in [-0.05, 0) is 122 Å². The van der Waals surface area contributed by atoms with Gasteiger partial charge in [0, 0.05) is 6.07 Å². The minimum Gasteiger partial charge on any atom is -0.494 e. The maximum atomic E-state index is 13.1. The Kier molecular flexibility index (Phi) is 24.1. The average molecular weight is 952 g/mol. The molecule has 0 heterocycles. The number of hydrogen-bond acceptors (Lipinski definition) is 11. The maximum Gasteiger partial charge on any atom is 0.343 e. The molecule has 0 amide bonds. The average Bonchev–Trinajstić information content (AvgIpc) is 3.38. The molecule has 70 heavy (non-hydrogen) atoms. The van der Waals surface area contributed by atoms with E-state index in [2.05, 4.69) is 13.8 Å². The van der Waals surface area contributed by atoms with Crippen molar-refractivity contribution in [2.45, 2.75) is 142 Å². The van der Waals surface area contributed by atoms with Crippen molar-refractivity contribution in [3.8, 4) is 40.6 Å². The lowest BCUT2D eigenvalue weighted by Gasteiger charge is -2.10. The number of esters is 4. The van der Waals surface area contributed by atoms with Crippen LogP contribution in [0.5, 0.6) is 34.5 Å². The van der Waals surface area contributed by atoms with Gasteiger partial charge in [0.2, 0.25) is 0 Å². The van der Waals surface area contributed by atoms with Crippen LogP contribution in [0.15, 0.2) is 115 Å². The number of nitrogens with zero attached hydrogens (tertiary/aromatic N) is 1. The normalized spacial score (nSPS) is 10.8. The van der Waals surface area contributed by atoms with Crippen LogP contribution >= 0.6 is 0 Å². The zero-order valence-electron chi connectivity index (χ0n) is 41.1. The van der Waals surface area contributed by atoms with E-state index in [1.54, 1.807) is 48.5 Å². The van der Waals surface area contributed by atoms with E-state index in [4.69, 9.17) is 28.4 Å². The first-order valence-electron chi connectivity index (χ1n) is 25.3. The predicted molar refractivity (Wildman–Crippen MR) is 271 cm³/mol. The van der Waals surface area contributed by atoms with E-state index in [9.17, 15) is 24.4 Å². The molecule has 0 fully saturated rings. The third-order valence-electron chi connectivity index (χ3n) is 11.8. The Morgan fingerprint density at radius 1 is 0.357 bits per heavy atom. The smallest absolute Gasteiger partial charge is 0.343 e. The summed E-state index contributed by atoms with van der Waals surface area (Å²) in [5, 5.41) is 9.70. The molecular formula is C59H69NO10. The number of benzene rings is 5. The molecular weight excluding hydrogens is 883 g/mol. The van der Waals surface area contributed by atoms with Crippen molar-refractivity contribution in [1.82, 2.24) is 0 Å². The van der Waals surface area contributed by atoms with Crippen molar-refractivity contribution in [1.29, 1.82) is 5.26 Å². The number of hydrogen-bond donors (Lipinski definition) is 0. The molecule has 5 aromatic rings. The summed E-state index contributed by atoms with van der Waals surface area (Å²) in [5.74, 6) is -0.948. The van der Waals surface area contributed by atoms with Gasteiger partial charge >= 0.3 is 23.9 Å². The van der Waals surface area contributed by atoms with E-state index in [0.29, 0.717) is 35.8 Å². The fourth-order valence-corrected chi connectivity index (χ4v) is 7.65. The minimum atomic E-state index is -0.791. The van der Waals surface area contributed by atoms with Gasteiger partial charge in [0.05, 0.1) is 41.0 Å². The van der Waals surface area contributed by atoms with Crippen LogP contribution in [0.2, 0.25) is 0 Å². The van der Waals surface area contributed by atoms with Gasteiger partial charge in [-0.25, -0.2) is 19.2 Å². The third-order valence-corrected chi connectivity index (χ3v) is 11.8. The van der Waals surface area contributed by atoms with Crippen molar-refractivity contribution in [3.05, 3.63) is 143 Å². The topological polar surface area (TPSA) is 147 Å². The highest BCUT2D eigenvalue weighted by atomic mass is 16.6. The number of ether oxygens (including phenoxy) is 6. The van der Waals surface area contributed by atoms with Gasteiger partial charge in [0.25, 0.3) is 0 Å². The van der Waals surface area contributed by atoms with Gasteiger partial charge in [-0.1, -0.05) is 129 Å². The highest BCUT2D eigenvalue weighted by Crippen LogP contribution is 2.27. The molecule has 11 heteroatoms. The summed E-state index contributed by atoms with van der Waals surface area (Å²) in [7, 11) is 0. The van der Waals surface area contributed by atoms with Crippen molar-refractivity contribution in [3.63, 3.8) is 0 Å². The maximum absolute atomic E-state index is 13.1. The summed E-state index contributed by atoms with van der Waals surface area (Å²) >= 11 is 0. The molecule has 0 aliphatic heterocycles. The number of carbonyl (C=O) groups is 4. The van der Waals surface area contributed by atoms with Gasteiger partial charge in [-0.3, -0.25) is 0 Å². The summed E-state index contributed by atoms with van der Waals surface area (Å²) in [6.45, 7) is 5.73. The highest BCUT2D eigenvalue weighted by molar-refractivity contribution is 5.94. The molecule has 0 aliphatic carbocycles. The van der Waals surface area contributed by atoms with Crippen LogP contribution in [0.3, 0.4) is 0 Å². The molecule has 0 spiro atoms. The molecule has 5 rings (SSSR count). The molecule has 0 atom stereocenters. The number of unbranched alkanes of at least 4 members (excludes halogenated alkanes) is 18. The molecule has 0 aliphatic rings. The molecule has 5 aromatic carbocycles. The minimum absolute atomic E-state index is 0.0224. The molecule has 0 aromatic heterocycles. The van der Waals surface area contributed by atoms with E-state index in [1.807, 2.05) is 6.07 Å². The SMILES string of the molecule is CCCCCCCCCCCCOc1ccc(C(=O)Oc2ccc(C(=O)Oc3ccc(C#N)c(OC(=O)c4ccc(OC(=O)c5ccc(OCCCCCCCCCCCC)cc5)cc4)c3)cc2)cc1. The fourth-order valence-electron chi connectivity index (χ4n) is 7.65. The lowest BCUT2D eigenvalue weighted by atomic mass is 10.1. The van der Waals surface area contributed by atoms with Gasteiger partial charge in [-0.2, -0.15) is 5.26 Å². The van der Waals surface area contributed by atoms with E-state index in [1.165, 1.54) is 169 Å². The summed E-state index contributed by atoms with van der Waals surface area (Å²) in [6, 6.07) is 31.2. The first-order chi connectivity index (χ1) is 34.3. The Morgan fingerprint density at radius 2 is 0.643 bits per heavy atom. The second-order valence-corrected chi connectivity index (χ2v) is 17.5. The van der Waals surface area contributed by atoms with Crippen molar-refractivity contribution in [2.24, 2.45) is 0 Å².